The van der Waals surface area contributed by atoms with E-state index in [0.717, 1.165) is 32.7 Å². The number of ether oxygens (including phenoxy) is 2. The average Bonchev–Trinajstić information content (AvgIpc) is 2.49. The molecule has 0 aliphatic heterocycles. The van der Waals surface area contributed by atoms with Crippen LogP contribution in [0.4, 0.5) is 0 Å². The van der Waals surface area contributed by atoms with E-state index in [9.17, 15) is 0 Å². The number of methoxy groups -OCH3 is 1. The summed E-state index contributed by atoms with van der Waals surface area (Å²) in [6, 6.07) is 11.9. The fraction of sp³-hybridized carbons (Fsp3) is 0.294. The molecule has 1 atom stereocenters. The Kier molecular flexibility index (Phi) is 5.54. The van der Waals surface area contributed by atoms with Crippen LogP contribution < -0.4 is 9.47 Å². The van der Waals surface area contributed by atoms with Gasteiger partial charge in [0.25, 0.3) is 0 Å². The molecule has 0 amide bonds. The number of hydrogen-bond acceptors (Lipinski definition) is 2. The van der Waals surface area contributed by atoms with Gasteiger partial charge in [0.1, 0.15) is 11.5 Å². The summed E-state index contributed by atoms with van der Waals surface area (Å²) in [4.78, 5) is 0. The van der Waals surface area contributed by atoms with Gasteiger partial charge < -0.3 is 9.47 Å². The van der Waals surface area contributed by atoms with Gasteiger partial charge in [0.05, 0.1) is 19.1 Å². The zero-order valence-corrected chi connectivity index (χ0v) is 14.7. The third-order valence-corrected chi connectivity index (χ3v) is 4.25. The molecule has 0 aliphatic carbocycles. The Hall–Kier alpha value is -1.19. The molecule has 2 aromatic rings. The van der Waals surface area contributed by atoms with Gasteiger partial charge in [-0.3, -0.25) is 0 Å². The fourth-order valence-corrected chi connectivity index (χ4v) is 2.86. The highest BCUT2D eigenvalue weighted by Crippen LogP contribution is 2.38. The molecule has 0 bridgehead atoms. The number of rotatable bonds is 5. The summed E-state index contributed by atoms with van der Waals surface area (Å²) in [6.45, 7) is 4.58. The molecule has 21 heavy (non-hydrogen) atoms. The Balaban J connectivity index is 2.43. The number of alkyl halides is 1. The van der Waals surface area contributed by atoms with E-state index in [-0.39, 0.29) is 5.38 Å². The van der Waals surface area contributed by atoms with Crippen LogP contribution in [-0.4, -0.2) is 13.7 Å². The van der Waals surface area contributed by atoms with Gasteiger partial charge in [-0.1, -0.05) is 28.1 Å². The van der Waals surface area contributed by atoms with Crippen molar-refractivity contribution >= 4 is 27.5 Å². The smallest absolute Gasteiger partial charge is 0.124 e. The average molecular weight is 370 g/mol. The predicted molar refractivity (Wildman–Crippen MR) is 90.7 cm³/mol. The summed E-state index contributed by atoms with van der Waals surface area (Å²) < 4.78 is 12.0. The van der Waals surface area contributed by atoms with Crippen LogP contribution in [0.1, 0.15) is 29.0 Å². The maximum atomic E-state index is 6.67. The standard InChI is InChI=1S/C17H18BrClO2/c1-4-21-15-8-7-13(18)10-14(15)17(19)12-6-5-11(2)16(9-12)20-3/h5-10,17H,4H2,1-3H3. The van der Waals surface area contributed by atoms with Crippen LogP contribution in [0.3, 0.4) is 0 Å². The summed E-state index contributed by atoms with van der Waals surface area (Å²) in [5.41, 5.74) is 3.02. The molecule has 0 radical (unpaired) electrons. The van der Waals surface area contributed by atoms with Crippen LogP contribution in [0.15, 0.2) is 40.9 Å². The fourth-order valence-electron chi connectivity index (χ4n) is 2.18. The number of benzene rings is 2. The van der Waals surface area contributed by atoms with Crippen LogP contribution in [-0.2, 0) is 0 Å². The van der Waals surface area contributed by atoms with Crippen molar-refractivity contribution in [1.29, 1.82) is 0 Å². The van der Waals surface area contributed by atoms with Crippen molar-refractivity contribution in [3.63, 3.8) is 0 Å². The third-order valence-electron chi connectivity index (χ3n) is 3.27. The first kappa shape index (κ1) is 16.2. The van der Waals surface area contributed by atoms with Crippen LogP contribution in [0.25, 0.3) is 0 Å². The zero-order chi connectivity index (χ0) is 15.4. The molecule has 0 aromatic heterocycles. The van der Waals surface area contributed by atoms with E-state index in [1.165, 1.54) is 0 Å². The monoisotopic (exact) mass is 368 g/mol. The first-order chi connectivity index (χ1) is 10.1. The Morgan fingerprint density at radius 2 is 1.90 bits per heavy atom. The molecule has 2 rings (SSSR count). The van der Waals surface area contributed by atoms with E-state index in [0.29, 0.717) is 6.61 Å². The second-order valence-electron chi connectivity index (χ2n) is 4.71. The van der Waals surface area contributed by atoms with E-state index in [2.05, 4.69) is 15.9 Å². The summed E-state index contributed by atoms with van der Waals surface area (Å²) >= 11 is 10.2. The Morgan fingerprint density at radius 3 is 2.57 bits per heavy atom. The number of hydrogen-bond donors (Lipinski definition) is 0. The Labute approximate surface area is 139 Å². The van der Waals surface area contributed by atoms with Crippen molar-refractivity contribution in [3.8, 4) is 11.5 Å². The van der Waals surface area contributed by atoms with E-state index in [1.807, 2.05) is 50.2 Å². The van der Waals surface area contributed by atoms with Gasteiger partial charge in [-0.25, -0.2) is 0 Å². The van der Waals surface area contributed by atoms with Crippen molar-refractivity contribution < 1.29 is 9.47 Å². The molecule has 112 valence electrons. The van der Waals surface area contributed by atoms with Crippen LogP contribution in [0.2, 0.25) is 0 Å². The highest BCUT2D eigenvalue weighted by atomic mass is 79.9. The molecule has 0 saturated heterocycles. The molecule has 0 spiro atoms. The topological polar surface area (TPSA) is 18.5 Å². The number of aryl methyl sites for hydroxylation is 1. The van der Waals surface area contributed by atoms with Crippen molar-refractivity contribution in [2.75, 3.05) is 13.7 Å². The van der Waals surface area contributed by atoms with E-state index < -0.39 is 0 Å². The summed E-state index contributed by atoms with van der Waals surface area (Å²) in [5, 5.41) is -0.293. The lowest BCUT2D eigenvalue weighted by Gasteiger charge is -2.17. The van der Waals surface area contributed by atoms with Crippen LogP contribution in [0.5, 0.6) is 11.5 Å². The highest BCUT2D eigenvalue weighted by Gasteiger charge is 2.17. The largest absolute Gasteiger partial charge is 0.496 e. The van der Waals surface area contributed by atoms with Gasteiger partial charge in [-0.2, -0.15) is 0 Å². The quantitative estimate of drug-likeness (QED) is 0.648. The summed E-state index contributed by atoms with van der Waals surface area (Å²) in [5.74, 6) is 1.64. The van der Waals surface area contributed by atoms with E-state index in [1.54, 1.807) is 7.11 Å². The first-order valence-corrected chi connectivity index (χ1v) is 8.00. The van der Waals surface area contributed by atoms with Gasteiger partial charge >= 0.3 is 0 Å². The first-order valence-electron chi connectivity index (χ1n) is 6.77. The van der Waals surface area contributed by atoms with Crippen LogP contribution in [0, 0.1) is 6.92 Å². The minimum absolute atomic E-state index is 0.293. The Bertz CT molecular complexity index is 628. The van der Waals surface area contributed by atoms with Gasteiger partial charge in [-0.15, -0.1) is 11.6 Å². The van der Waals surface area contributed by atoms with Crippen molar-refractivity contribution in [3.05, 3.63) is 57.6 Å². The molecule has 0 aliphatic rings. The molecule has 0 saturated carbocycles. The lowest BCUT2D eigenvalue weighted by Crippen LogP contribution is -2.01. The minimum Gasteiger partial charge on any atom is -0.496 e. The van der Waals surface area contributed by atoms with E-state index in [4.69, 9.17) is 21.1 Å². The van der Waals surface area contributed by atoms with Gasteiger partial charge in [0.2, 0.25) is 0 Å². The molecular weight excluding hydrogens is 352 g/mol. The van der Waals surface area contributed by atoms with Gasteiger partial charge in [0.15, 0.2) is 0 Å². The number of halogens is 2. The van der Waals surface area contributed by atoms with E-state index >= 15 is 0 Å². The van der Waals surface area contributed by atoms with Gasteiger partial charge in [0, 0.05) is 10.0 Å². The van der Waals surface area contributed by atoms with Crippen molar-refractivity contribution in [1.82, 2.24) is 0 Å². The lowest BCUT2D eigenvalue weighted by molar-refractivity contribution is 0.336. The molecule has 1 unspecified atom stereocenters. The summed E-state index contributed by atoms with van der Waals surface area (Å²) in [7, 11) is 1.67. The minimum atomic E-state index is -0.293. The second kappa shape index (κ2) is 7.19. The normalized spacial score (nSPS) is 12.0. The second-order valence-corrected chi connectivity index (χ2v) is 6.06. The predicted octanol–water partition coefficient (Wildman–Crippen LogP) is 5.49. The molecule has 0 N–H and O–H groups in total. The molecule has 0 fully saturated rings. The molecule has 4 heteroatoms. The summed E-state index contributed by atoms with van der Waals surface area (Å²) in [6.07, 6.45) is 0. The third kappa shape index (κ3) is 3.72. The van der Waals surface area contributed by atoms with Crippen molar-refractivity contribution in [2.45, 2.75) is 19.2 Å². The zero-order valence-electron chi connectivity index (χ0n) is 12.3. The van der Waals surface area contributed by atoms with Crippen LogP contribution >= 0.6 is 27.5 Å². The maximum Gasteiger partial charge on any atom is 0.124 e. The molecule has 2 aromatic carbocycles. The van der Waals surface area contributed by atoms with Gasteiger partial charge in [-0.05, 0) is 49.2 Å². The molecule has 0 heterocycles. The Morgan fingerprint density at radius 1 is 1.14 bits per heavy atom. The molecule has 2 nitrogen and oxygen atoms in total. The highest BCUT2D eigenvalue weighted by molar-refractivity contribution is 9.10. The maximum absolute atomic E-state index is 6.67. The molecular formula is C17H18BrClO2. The lowest BCUT2D eigenvalue weighted by atomic mass is 10.0. The SMILES string of the molecule is CCOc1ccc(Br)cc1C(Cl)c1ccc(C)c(OC)c1. The van der Waals surface area contributed by atoms with Crippen molar-refractivity contribution in [2.24, 2.45) is 0 Å².